The second-order valence-corrected chi connectivity index (χ2v) is 5.86. The van der Waals surface area contributed by atoms with Gasteiger partial charge < -0.3 is 14.5 Å². The molecule has 0 aromatic heterocycles. The van der Waals surface area contributed by atoms with Gasteiger partial charge in [-0.05, 0) is 31.4 Å². The Kier molecular flexibility index (Phi) is 5.35. The number of allylic oxidation sites excluding steroid dienone is 3. The molecule has 0 fully saturated rings. The van der Waals surface area contributed by atoms with Crippen LogP contribution in [0.15, 0.2) is 23.5 Å². The Morgan fingerprint density at radius 3 is 2.42 bits per heavy atom. The molecule has 19 heavy (non-hydrogen) atoms. The molecule has 0 aromatic rings. The highest BCUT2D eigenvalue weighted by molar-refractivity contribution is 7.53. The third kappa shape index (κ3) is 3.47. The molecule has 0 bridgehead atoms. The molecule has 108 valence electrons. The van der Waals surface area contributed by atoms with Crippen LogP contribution < -0.4 is 0 Å². The fraction of sp³-hybridized carbons (Fsp3) is 0.583. The Bertz CT molecular complexity index is 451. The van der Waals surface area contributed by atoms with E-state index in [2.05, 4.69) is 0 Å². The number of carbonyl (C=O) groups is 1. The molecule has 1 amide bonds. The lowest BCUT2D eigenvalue weighted by Crippen LogP contribution is -2.32. The lowest BCUT2D eigenvalue weighted by Gasteiger charge is -2.31. The molecule has 0 spiro atoms. The van der Waals surface area contributed by atoms with Crippen molar-refractivity contribution in [3.8, 4) is 0 Å². The van der Waals surface area contributed by atoms with Crippen molar-refractivity contribution in [1.82, 2.24) is 4.90 Å². The summed E-state index contributed by atoms with van der Waals surface area (Å²) in [5.74, 6) is 0. The van der Waals surface area contributed by atoms with Gasteiger partial charge in [-0.1, -0.05) is 13.8 Å². The second-order valence-electron chi connectivity index (χ2n) is 4.12. The van der Waals surface area contributed by atoms with Crippen molar-refractivity contribution < 1.29 is 23.9 Å². The van der Waals surface area contributed by atoms with Crippen LogP contribution in [0.1, 0.15) is 33.6 Å². The molecular formula is C12H20NO5P. The van der Waals surface area contributed by atoms with E-state index in [0.717, 1.165) is 0 Å². The zero-order chi connectivity index (χ0) is 14.6. The van der Waals surface area contributed by atoms with Crippen molar-refractivity contribution in [3.63, 3.8) is 0 Å². The van der Waals surface area contributed by atoms with E-state index in [0.29, 0.717) is 24.1 Å². The third-order valence-corrected chi connectivity index (χ3v) is 4.19. The van der Waals surface area contributed by atoms with Gasteiger partial charge in [0.15, 0.2) is 0 Å². The summed E-state index contributed by atoms with van der Waals surface area (Å²) in [4.78, 5) is 31.9. The highest BCUT2D eigenvalue weighted by Crippen LogP contribution is 2.49. The first-order valence-electron chi connectivity index (χ1n) is 6.28. The predicted molar refractivity (Wildman–Crippen MR) is 71.4 cm³/mol. The van der Waals surface area contributed by atoms with Gasteiger partial charge in [0.05, 0.1) is 6.61 Å². The number of ether oxygens (including phenoxy) is 1. The van der Waals surface area contributed by atoms with Crippen LogP contribution in [0.3, 0.4) is 0 Å². The zero-order valence-electron chi connectivity index (χ0n) is 11.4. The van der Waals surface area contributed by atoms with E-state index in [1.165, 1.54) is 17.2 Å². The molecule has 0 saturated heterocycles. The van der Waals surface area contributed by atoms with Gasteiger partial charge in [-0.2, -0.15) is 0 Å². The van der Waals surface area contributed by atoms with Crippen molar-refractivity contribution >= 4 is 13.7 Å². The maximum absolute atomic E-state index is 11.8. The van der Waals surface area contributed by atoms with Gasteiger partial charge in [0.2, 0.25) is 0 Å². The quantitative estimate of drug-likeness (QED) is 0.777. The maximum atomic E-state index is 11.8. The number of hydrogen-bond donors (Lipinski definition) is 2. The summed E-state index contributed by atoms with van der Waals surface area (Å²) >= 11 is 0. The summed E-state index contributed by atoms with van der Waals surface area (Å²) in [5, 5.41) is 0. The van der Waals surface area contributed by atoms with Crippen LogP contribution >= 0.6 is 7.60 Å². The minimum atomic E-state index is -4.26. The third-order valence-electron chi connectivity index (χ3n) is 2.98. The van der Waals surface area contributed by atoms with E-state index in [-0.39, 0.29) is 6.61 Å². The Morgan fingerprint density at radius 2 is 2.00 bits per heavy atom. The summed E-state index contributed by atoms with van der Waals surface area (Å²) in [6.45, 7) is 5.62. The average molecular weight is 289 g/mol. The Morgan fingerprint density at radius 1 is 1.37 bits per heavy atom. The second kappa shape index (κ2) is 6.37. The standard InChI is InChI=1S/C12H20NO5P/c1-4-9-10(5-2)13(12(14)18-6-3)8-7-11(9)19(15,16)17/h7-8,11H,4-6H2,1-3H3,(H2,15,16,17). The summed E-state index contributed by atoms with van der Waals surface area (Å²) in [7, 11) is -4.26. The van der Waals surface area contributed by atoms with Crippen LogP contribution in [0.2, 0.25) is 0 Å². The first-order chi connectivity index (χ1) is 8.86. The van der Waals surface area contributed by atoms with Crippen LogP contribution in [0, 0.1) is 0 Å². The van der Waals surface area contributed by atoms with E-state index in [1.807, 2.05) is 13.8 Å². The van der Waals surface area contributed by atoms with Crippen molar-refractivity contribution in [2.45, 2.75) is 39.3 Å². The lowest BCUT2D eigenvalue weighted by atomic mass is 10.0. The van der Waals surface area contributed by atoms with Gasteiger partial charge in [0.25, 0.3) is 0 Å². The zero-order valence-corrected chi connectivity index (χ0v) is 12.3. The van der Waals surface area contributed by atoms with Gasteiger partial charge in [-0.15, -0.1) is 0 Å². The normalized spacial score (nSPS) is 19.8. The molecule has 1 aliphatic heterocycles. The Balaban J connectivity index is 3.19. The molecule has 0 radical (unpaired) electrons. The van der Waals surface area contributed by atoms with Crippen molar-refractivity contribution in [2.75, 3.05) is 6.61 Å². The van der Waals surface area contributed by atoms with Crippen LogP contribution in [0.25, 0.3) is 0 Å². The highest BCUT2D eigenvalue weighted by atomic mass is 31.2. The highest BCUT2D eigenvalue weighted by Gasteiger charge is 2.35. The fourth-order valence-corrected chi connectivity index (χ4v) is 3.23. The monoisotopic (exact) mass is 289 g/mol. The van der Waals surface area contributed by atoms with E-state index in [1.54, 1.807) is 6.92 Å². The maximum Gasteiger partial charge on any atom is 0.418 e. The van der Waals surface area contributed by atoms with Crippen molar-refractivity contribution in [1.29, 1.82) is 0 Å². The fourth-order valence-electron chi connectivity index (χ4n) is 2.19. The number of amides is 1. The molecule has 1 rings (SSSR count). The van der Waals surface area contributed by atoms with Crippen LogP contribution in [-0.4, -0.2) is 33.0 Å². The average Bonchev–Trinajstić information content (AvgIpc) is 2.35. The molecule has 0 aromatic carbocycles. The van der Waals surface area contributed by atoms with Crippen LogP contribution in [0.5, 0.6) is 0 Å². The van der Waals surface area contributed by atoms with Gasteiger partial charge in [0.1, 0.15) is 5.66 Å². The molecule has 1 atom stereocenters. The van der Waals surface area contributed by atoms with E-state index < -0.39 is 19.3 Å². The predicted octanol–water partition coefficient (Wildman–Crippen LogP) is 2.59. The smallest absolute Gasteiger partial charge is 0.418 e. The lowest BCUT2D eigenvalue weighted by molar-refractivity contribution is 0.129. The Labute approximate surface area is 112 Å². The number of hydrogen-bond acceptors (Lipinski definition) is 3. The Hall–Kier alpha value is -1.10. The molecule has 1 aliphatic rings. The van der Waals surface area contributed by atoms with Crippen LogP contribution in [0.4, 0.5) is 4.79 Å². The van der Waals surface area contributed by atoms with Gasteiger partial charge in [-0.3, -0.25) is 9.46 Å². The number of nitrogens with zero attached hydrogens (tertiary/aromatic N) is 1. The number of carbonyl (C=O) groups excluding carboxylic acids is 1. The molecule has 0 aliphatic carbocycles. The minimum Gasteiger partial charge on any atom is -0.449 e. The summed E-state index contributed by atoms with van der Waals surface area (Å²) < 4.78 is 16.4. The van der Waals surface area contributed by atoms with Crippen LogP contribution in [-0.2, 0) is 9.30 Å². The molecule has 1 unspecified atom stereocenters. The molecule has 6 nitrogen and oxygen atoms in total. The molecule has 1 heterocycles. The largest absolute Gasteiger partial charge is 0.449 e. The summed E-state index contributed by atoms with van der Waals surface area (Å²) in [6.07, 6.45) is 3.21. The minimum absolute atomic E-state index is 0.254. The van der Waals surface area contributed by atoms with Crippen molar-refractivity contribution in [3.05, 3.63) is 23.5 Å². The topological polar surface area (TPSA) is 87.1 Å². The summed E-state index contributed by atoms with van der Waals surface area (Å²) in [5.41, 5.74) is 0.251. The first-order valence-corrected chi connectivity index (χ1v) is 7.96. The summed E-state index contributed by atoms with van der Waals surface area (Å²) in [6, 6.07) is 0. The SMILES string of the molecule is CCOC(=O)N1C=CC(P(=O)(O)O)C(CC)=C1CC. The molecular weight excluding hydrogens is 269 g/mol. The molecule has 7 heteroatoms. The van der Waals surface area contributed by atoms with E-state index in [9.17, 15) is 19.1 Å². The first kappa shape index (κ1) is 16.0. The van der Waals surface area contributed by atoms with Gasteiger partial charge in [-0.25, -0.2) is 4.79 Å². The van der Waals surface area contributed by atoms with Gasteiger partial charge >= 0.3 is 13.7 Å². The number of rotatable bonds is 4. The van der Waals surface area contributed by atoms with E-state index >= 15 is 0 Å². The van der Waals surface area contributed by atoms with Crippen molar-refractivity contribution in [2.24, 2.45) is 0 Å². The van der Waals surface area contributed by atoms with E-state index in [4.69, 9.17) is 4.74 Å². The molecule has 2 N–H and O–H groups in total. The van der Waals surface area contributed by atoms with Gasteiger partial charge in [0, 0.05) is 11.9 Å². The molecule has 0 saturated carbocycles.